The fourth-order valence-corrected chi connectivity index (χ4v) is 4.61. The maximum atomic E-state index is 13.0. The van der Waals surface area contributed by atoms with E-state index in [0.717, 1.165) is 59.4 Å². The number of tetrazole rings is 1. The lowest BCUT2D eigenvalue weighted by molar-refractivity contribution is 0.0663. The minimum Gasteiger partial charge on any atom is -0.377 e. The van der Waals surface area contributed by atoms with Crippen molar-refractivity contribution in [3.63, 3.8) is 0 Å². The molecule has 1 atom stereocenters. The Kier molecular flexibility index (Phi) is 6.51. The van der Waals surface area contributed by atoms with Gasteiger partial charge in [-0.15, -0.1) is 5.10 Å². The van der Waals surface area contributed by atoms with Crippen molar-refractivity contribution < 1.29 is 4.74 Å². The van der Waals surface area contributed by atoms with Crippen molar-refractivity contribution in [3.8, 4) is 0 Å². The molecule has 1 aliphatic heterocycles. The molecule has 2 aromatic heterocycles. The molecule has 0 aliphatic carbocycles. The van der Waals surface area contributed by atoms with Gasteiger partial charge in [0.2, 0.25) is 0 Å². The molecule has 8 nitrogen and oxygen atoms in total. The molecular formula is C26H30N6O2. The van der Waals surface area contributed by atoms with E-state index in [4.69, 9.17) is 4.74 Å². The summed E-state index contributed by atoms with van der Waals surface area (Å²) in [6, 6.07) is 16.3. The zero-order valence-electron chi connectivity index (χ0n) is 19.7. The van der Waals surface area contributed by atoms with Gasteiger partial charge in [0, 0.05) is 25.3 Å². The zero-order chi connectivity index (χ0) is 23.5. The Bertz CT molecular complexity index is 1320. The van der Waals surface area contributed by atoms with Crippen LogP contribution in [0.25, 0.3) is 10.9 Å². The number of aromatic nitrogens is 5. The largest absolute Gasteiger partial charge is 0.377 e. The number of hydrogen-bond donors (Lipinski definition) is 1. The Morgan fingerprint density at radius 1 is 1.15 bits per heavy atom. The zero-order valence-corrected chi connectivity index (χ0v) is 19.7. The summed E-state index contributed by atoms with van der Waals surface area (Å²) in [6.45, 7) is 7.25. The first kappa shape index (κ1) is 22.4. The van der Waals surface area contributed by atoms with Crippen molar-refractivity contribution in [2.75, 3.05) is 13.2 Å². The van der Waals surface area contributed by atoms with Gasteiger partial charge in [-0.2, -0.15) is 0 Å². The van der Waals surface area contributed by atoms with E-state index >= 15 is 0 Å². The molecule has 5 rings (SSSR count). The predicted molar refractivity (Wildman–Crippen MR) is 130 cm³/mol. The molecule has 8 heteroatoms. The van der Waals surface area contributed by atoms with Crippen LogP contribution in [-0.2, 0) is 24.4 Å². The van der Waals surface area contributed by atoms with Gasteiger partial charge in [0.25, 0.3) is 5.56 Å². The molecule has 4 aromatic rings. The third-order valence-electron chi connectivity index (χ3n) is 6.65. The Morgan fingerprint density at radius 3 is 2.79 bits per heavy atom. The van der Waals surface area contributed by atoms with Crippen LogP contribution < -0.4 is 5.56 Å². The van der Waals surface area contributed by atoms with Crippen LogP contribution in [0, 0.1) is 13.8 Å². The molecule has 1 N–H and O–H groups in total. The fraction of sp³-hybridized carbons (Fsp3) is 0.385. The number of aromatic amines is 1. The first-order valence-electron chi connectivity index (χ1n) is 11.8. The molecule has 0 radical (unpaired) electrons. The predicted octanol–water partition coefficient (Wildman–Crippen LogP) is 3.36. The molecule has 0 unspecified atom stereocenters. The number of benzene rings is 2. The average molecular weight is 459 g/mol. The van der Waals surface area contributed by atoms with Crippen LogP contribution in [0.2, 0.25) is 0 Å². The Hall–Kier alpha value is -3.36. The number of H-pyrrole nitrogens is 1. The van der Waals surface area contributed by atoms with Gasteiger partial charge in [0.15, 0.2) is 5.82 Å². The van der Waals surface area contributed by atoms with E-state index in [1.807, 2.05) is 35.9 Å². The number of rotatable bonds is 8. The van der Waals surface area contributed by atoms with E-state index in [9.17, 15) is 4.79 Å². The van der Waals surface area contributed by atoms with Gasteiger partial charge in [0.05, 0.1) is 24.7 Å². The van der Waals surface area contributed by atoms with Gasteiger partial charge in [-0.3, -0.25) is 9.69 Å². The number of nitrogens with one attached hydrogen (secondary N) is 1. The van der Waals surface area contributed by atoms with Crippen molar-refractivity contribution in [3.05, 3.63) is 87.0 Å². The SMILES string of the molecule is Cc1ccc2cc(CN(Cc3nnnn3Cc3ccccc3)C[C@@H]3CCCO3)c(=O)[nH]c2c1C. The second-order valence-electron chi connectivity index (χ2n) is 9.14. The minimum absolute atomic E-state index is 0.0533. The summed E-state index contributed by atoms with van der Waals surface area (Å²) in [7, 11) is 0. The van der Waals surface area contributed by atoms with Gasteiger partial charge in [0.1, 0.15) is 0 Å². The molecule has 0 amide bonds. The van der Waals surface area contributed by atoms with E-state index < -0.39 is 0 Å². The monoisotopic (exact) mass is 458 g/mol. The standard InChI is InChI=1S/C26H30N6O2/c1-18-10-11-21-13-22(26(33)27-25(21)19(18)2)15-31(16-23-9-6-12-34-23)17-24-28-29-30-32(24)14-20-7-4-3-5-8-20/h3-5,7-8,10-11,13,23H,6,9,12,14-17H2,1-2H3,(H,27,33)/t23-/m0/s1. The van der Waals surface area contributed by atoms with Crippen LogP contribution >= 0.6 is 0 Å². The highest BCUT2D eigenvalue weighted by Gasteiger charge is 2.22. The molecule has 1 aliphatic rings. The lowest BCUT2D eigenvalue weighted by Gasteiger charge is -2.24. The number of hydrogen-bond acceptors (Lipinski definition) is 6. The molecule has 34 heavy (non-hydrogen) atoms. The van der Waals surface area contributed by atoms with E-state index in [1.165, 1.54) is 5.56 Å². The van der Waals surface area contributed by atoms with Gasteiger partial charge in [-0.25, -0.2) is 4.68 Å². The van der Waals surface area contributed by atoms with E-state index in [-0.39, 0.29) is 11.7 Å². The normalized spacial score (nSPS) is 16.0. The van der Waals surface area contributed by atoms with Gasteiger partial charge >= 0.3 is 0 Å². The van der Waals surface area contributed by atoms with Crippen molar-refractivity contribution in [2.45, 2.75) is 52.4 Å². The van der Waals surface area contributed by atoms with E-state index in [0.29, 0.717) is 19.6 Å². The molecule has 0 saturated carbocycles. The first-order valence-corrected chi connectivity index (χ1v) is 11.8. The summed E-state index contributed by atoms with van der Waals surface area (Å²) in [5, 5.41) is 13.5. The average Bonchev–Trinajstić information content (AvgIpc) is 3.50. The number of pyridine rings is 1. The number of aryl methyl sites for hydroxylation is 2. The molecule has 1 saturated heterocycles. The molecule has 3 heterocycles. The van der Waals surface area contributed by atoms with E-state index in [2.05, 4.69) is 56.6 Å². The number of nitrogens with zero attached hydrogens (tertiary/aromatic N) is 5. The van der Waals surface area contributed by atoms with Crippen molar-refractivity contribution >= 4 is 10.9 Å². The second kappa shape index (κ2) is 9.87. The van der Waals surface area contributed by atoms with Crippen LogP contribution in [0.1, 0.15) is 40.9 Å². The van der Waals surface area contributed by atoms with Crippen molar-refractivity contribution in [2.24, 2.45) is 0 Å². The third kappa shape index (κ3) is 4.93. The maximum absolute atomic E-state index is 13.0. The van der Waals surface area contributed by atoms with Gasteiger partial charge in [-0.05, 0) is 65.3 Å². The summed E-state index contributed by atoms with van der Waals surface area (Å²) in [6.07, 6.45) is 2.25. The Labute approximate surface area is 198 Å². The maximum Gasteiger partial charge on any atom is 0.252 e. The lowest BCUT2D eigenvalue weighted by atomic mass is 10.0. The molecule has 2 aromatic carbocycles. The summed E-state index contributed by atoms with van der Waals surface area (Å²) in [5.74, 6) is 0.769. The third-order valence-corrected chi connectivity index (χ3v) is 6.65. The highest BCUT2D eigenvalue weighted by Crippen LogP contribution is 2.21. The Balaban J connectivity index is 1.41. The lowest BCUT2D eigenvalue weighted by Crippen LogP contribution is -2.34. The molecule has 0 spiro atoms. The highest BCUT2D eigenvalue weighted by atomic mass is 16.5. The number of fused-ring (bicyclic) bond motifs is 1. The fourth-order valence-electron chi connectivity index (χ4n) is 4.61. The summed E-state index contributed by atoms with van der Waals surface area (Å²) in [5.41, 5.74) is 5.00. The van der Waals surface area contributed by atoms with Crippen LogP contribution in [0.15, 0.2) is 53.3 Å². The molecule has 176 valence electrons. The Morgan fingerprint density at radius 2 is 2.00 bits per heavy atom. The van der Waals surface area contributed by atoms with E-state index in [1.54, 1.807) is 0 Å². The quantitative estimate of drug-likeness (QED) is 0.436. The van der Waals surface area contributed by atoms with Crippen LogP contribution in [0.5, 0.6) is 0 Å². The van der Waals surface area contributed by atoms with Crippen molar-refractivity contribution in [1.82, 2.24) is 30.1 Å². The summed E-state index contributed by atoms with van der Waals surface area (Å²) >= 11 is 0. The highest BCUT2D eigenvalue weighted by molar-refractivity contribution is 5.83. The molecule has 1 fully saturated rings. The smallest absolute Gasteiger partial charge is 0.252 e. The first-order chi connectivity index (χ1) is 16.6. The topological polar surface area (TPSA) is 88.9 Å². The van der Waals surface area contributed by atoms with Crippen LogP contribution in [0.3, 0.4) is 0 Å². The number of ether oxygens (including phenoxy) is 1. The van der Waals surface area contributed by atoms with Crippen LogP contribution in [0.4, 0.5) is 0 Å². The van der Waals surface area contributed by atoms with Gasteiger partial charge in [-0.1, -0.05) is 42.5 Å². The minimum atomic E-state index is -0.0533. The molecule has 0 bridgehead atoms. The molecular weight excluding hydrogens is 428 g/mol. The second-order valence-corrected chi connectivity index (χ2v) is 9.14. The summed E-state index contributed by atoms with van der Waals surface area (Å²) < 4.78 is 7.74. The van der Waals surface area contributed by atoms with Crippen molar-refractivity contribution in [1.29, 1.82) is 0 Å². The van der Waals surface area contributed by atoms with Crippen LogP contribution in [-0.4, -0.2) is 49.3 Å². The summed E-state index contributed by atoms with van der Waals surface area (Å²) in [4.78, 5) is 18.4. The van der Waals surface area contributed by atoms with Gasteiger partial charge < -0.3 is 9.72 Å².